The minimum atomic E-state index is -4.82. The molecule has 0 saturated carbocycles. The predicted molar refractivity (Wildman–Crippen MR) is 145 cm³/mol. The van der Waals surface area contributed by atoms with Crippen molar-refractivity contribution in [3.05, 3.63) is 71.7 Å². The standard InChI is InChI=1S/C28H30F3N5O3/c1-7-23(32-8-2)19-13-26(25-11-12-33-36(25)15-19)39-20-9-10-24(22(14-20)28(29,30)31)34-27(38)21(18(5)37)16-35(6)17(3)4/h7-17H,1-6H3,(H,34,38)/b21-16+,23-7-,32-8-. The molecular weight excluding hydrogens is 511 g/mol. The molecule has 1 N–H and O–H groups in total. The van der Waals surface area contributed by atoms with Crippen LogP contribution in [0.4, 0.5) is 18.9 Å². The van der Waals surface area contributed by atoms with E-state index >= 15 is 0 Å². The summed E-state index contributed by atoms with van der Waals surface area (Å²) in [4.78, 5) is 30.8. The number of fused-ring (bicyclic) bond motifs is 1. The van der Waals surface area contributed by atoms with Gasteiger partial charge in [-0.3, -0.25) is 14.6 Å². The van der Waals surface area contributed by atoms with Gasteiger partial charge in [0.05, 0.1) is 28.7 Å². The Bertz CT molecular complexity index is 1470. The van der Waals surface area contributed by atoms with E-state index in [-0.39, 0.29) is 23.1 Å². The van der Waals surface area contributed by atoms with Gasteiger partial charge in [-0.05, 0) is 65.0 Å². The van der Waals surface area contributed by atoms with Crippen molar-refractivity contribution in [3.8, 4) is 11.5 Å². The number of Topliss-reactive ketones (excluding diaryl/α,β-unsaturated/α-hetero) is 1. The fraction of sp³-hybridized carbons (Fsp3) is 0.286. The summed E-state index contributed by atoms with van der Waals surface area (Å²) in [5.74, 6) is -1.37. The van der Waals surface area contributed by atoms with E-state index in [0.29, 0.717) is 16.8 Å². The molecule has 0 aliphatic carbocycles. The first kappa shape index (κ1) is 29.2. The Morgan fingerprint density at radius 2 is 1.90 bits per heavy atom. The number of carbonyl (C=O) groups is 2. The number of rotatable bonds is 9. The number of carbonyl (C=O) groups excluding carboxylic acids is 2. The van der Waals surface area contributed by atoms with Gasteiger partial charge in [0.1, 0.15) is 11.3 Å². The van der Waals surface area contributed by atoms with Crippen molar-refractivity contribution < 1.29 is 27.5 Å². The van der Waals surface area contributed by atoms with E-state index in [1.54, 1.807) is 60.2 Å². The van der Waals surface area contributed by atoms with Crippen molar-refractivity contribution >= 4 is 34.8 Å². The minimum Gasteiger partial charge on any atom is -0.455 e. The zero-order chi connectivity index (χ0) is 28.9. The smallest absolute Gasteiger partial charge is 0.418 e. The number of hydrogen-bond donors (Lipinski definition) is 1. The van der Waals surface area contributed by atoms with E-state index in [9.17, 15) is 22.8 Å². The molecule has 0 saturated heterocycles. The van der Waals surface area contributed by atoms with Crippen molar-refractivity contribution in [2.75, 3.05) is 12.4 Å². The topological polar surface area (TPSA) is 88.3 Å². The van der Waals surface area contributed by atoms with Crippen molar-refractivity contribution in [3.63, 3.8) is 0 Å². The largest absolute Gasteiger partial charge is 0.455 e. The van der Waals surface area contributed by atoms with Gasteiger partial charge in [0, 0.05) is 37.3 Å². The number of anilines is 1. The molecule has 11 heteroatoms. The van der Waals surface area contributed by atoms with Gasteiger partial charge in [-0.1, -0.05) is 6.08 Å². The second-order valence-electron chi connectivity index (χ2n) is 8.93. The third-order valence-electron chi connectivity index (χ3n) is 5.85. The molecule has 206 valence electrons. The van der Waals surface area contributed by atoms with E-state index < -0.39 is 29.1 Å². The number of benzene rings is 1. The van der Waals surface area contributed by atoms with Crippen molar-refractivity contribution in [1.29, 1.82) is 0 Å². The highest BCUT2D eigenvalue weighted by Crippen LogP contribution is 2.39. The third-order valence-corrected chi connectivity index (χ3v) is 5.85. The van der Waals surface area contributed by atoms with Crippen LogP contribution in [-0.2, 0) is 15.8 Å². The van der Waals surface area contributed by atoms with Gasteiger partial charge in [0.15, 0.2) is 11.5 Å². The number of nitrogens with zero attached hydrogens (tertiary/aromatic N) is 4. The first-order chi connectivity index (χ1) is 18.3. The number of halogens is 3. The average molecular weight is 542 g/mol. The van der Waals surface area contributed by atoms with Gasteiger partial charge in [-0.2, -0.15) is 18.3 Å². The summed E-state index contributed by atoms with van der Waals surface area (Å²) in [7, 11) is 1.66. The Morgan fingerprint density at radius 1 is 1.18 bits per heavy atom. The van der Waals surface area contributed by atoms with Gasteiger partial charge in [-0.25, -0.2) is 4.52 Å². The van der Waals surface area contributed by atoms with Crippen molar-refractivity contribution in [1.82, 2.24) is 14.5 Å². The number of aromatic nitrogens is 2. The third kappa shape index (κ3) is 6.92. The Hall–Kier alpha value is -4.41. The van der Waals surface area contributed by atoms with E-state index in [0.717, 1.165) is 12.1 Å². The van der Waals surface area contributed by atoms with Crippen LogP contribution in [0.1, 0.15) is 45.7 Å². The van der Waals surface area contributed by atoms with Crippen LogP contribution in [-0.4, -0.2) is 45.5 Å². The number of amides is 1. The van der Waals surface area contributed by atoms with E-state index in [4.69, 9.17) is 4.74 Å². The first-order valence-corrected chi connectivity index (χ1v) is 12.1. The average Bonchev–Trinajstić information content (AvgIpc) is 3.34. The van der Waals surface area contributed by atoms with E-state index in [1.807, 2.05) is 20.8 Å². The summed E-state index contributed by atoms with van der Waals surface area (Å²) >= 11 is 0. The maximum atomic E-state index is 14.1. The SMILES string of the molecule is C/C=N\C(=C/C)c1cc(Oc2ccc(NC(=O)/C(=C/N(C)C(C)C)C(C)=O)c(C(F)(F)F)c2)c2ccnn2c1. The maximum absolute atomic E-state index is 14.1. The molecule has 39 heavy (non-hydrogen) atoms. The molecule has 1 amide bonds. The lowest BCUT2D eigenvalue weighted by molar-refractivity contribution is -0.137. The monoisotopic (exact) mass is 541 g/mol. The fourth-order valence-corrected chi connectivity index (χ4v) is 3.58. The van der Waals surface area contributed by atoms with Gasteiger partial charge in [0.2, 0.25) is 0 Å². The molecule has 0 bridgehead atoms. The zero-order valence-electron chi connectivity index (χ0n) is 22.5. The molecule has 0 atom stereocenters. The molecule has 0 spiro atoms. The quantitative estimate of drug-likeness (QED) is 0.148. The Morgan fingerprint density at radius 3 is 2.49 bits per heavy atom. The summed E-state index contributed by atoms with van der Waals surface area (Å²) in [6.07, 6.45) is 3.19. The zero-order valence-corrected chi connectivity index (χ0v) is 22.5. The van der Waals surface area contributed by atoms with Crippen molar-refractivity contribution in [2.24, 2.45) is 4.99 Å². The molecular formula is C28H30F3N5O3. The fourth-order valence-electron chi connectivity index (χ4n) is 3.58. The van der Waals surface area contributed by atoms with Crippen LogP contribution < -0.4 is 10.1 Å². The number of aliphatic imine (C=N–C) groups is 1. The summed E-state index contributed by atoms with van der Waals surface area (Å²) in [5, 5.41) is 6.46. The molecule has 8 nitrogen and oxygen atoms in total. The molecule has 1 aromatic carbocycles. The van der Waals surface area contributed by atoms with E-state index in [2.05, 4.69) is 15.4 Å². The van der Waals surface area contributed by atoms with Crippen LogP contribution in [0.2, 0.25) is 0 Å². The molecule has 0 radical (unpaired) electrons. The molecule has 0 aliphatic heterocycles. The van der Waals surface area contributed by atoms with Gasteiger partial charge in [0.25, 0.3) is 5.91 Å². The lowest BCUT2D eigenvalue weighted by Crippen LogP contribution is -2.26. The Balaban J connectivity index is 2.01. The van der Waals surface area contributed by atoms with Crippen LogP contribution in [0.25, 0.3) is 11.2 Å². The predicted octanol–water partition coefficient (Wildman–Crippen LogP) is 6.35. The van der Waals surface area contributed by atoms with E-state index in [1.165, 1.54) is 19.2 Å². The molecule has 2 aromatic heterocycles. The maximum Gasteiger partial charge on any atom is 0.418 e. The second kappa shape index (κ2) is 12.0. The second-order valence-corrected chi connectivity index (χ2v) is 8.93. The molecule has 3 rings (SSSR count). The molecule has 3 aromatic rings. The van der Waals surface area contributed by atoms with Crippen molar-refractivity contribution in [2.45, 2.75) is 46.8 Å². The number of ketones is 1. The lowest BCUT2D eigenvalue weighted by Gasteiger charge is -2.20. The van der Waals surface area contributed by atoms with Crippen LogP contribution in [0.3, 0.4) is 0 Å². The van der Waals surface area contributed by atoms with Gasteiger partial charge < -0.3 is 15.0 Å². The number of ether oxygens (including phenoxy) is 1. The Labute approximate surface area is 224 Å². The highest BCUT2D eigenvalue weighted by Gasteiger charge is 2.35. The number of pyridine rings is 1. The van der Waals surface area contributed by atoms with Crippen LogP contribution >= 0.6 is 0 Å². The summed E-state index contributed by atoms with van der Waals surface area (Å²) in [6, 6.07) is 6.50. The first-order valence-electron chi connectivity index (χ1n) is 12.1. The van der Waals surface area contributed by atoms with Crippen LogP contribution in [0.15, 0.2) is 65.6 Å². The number of allylic oxidation sites excluding steroid dienone is 1. The molecule has 2 heterocycles. The normalized spacial score (nSPS) is 12.9. The van der Waals surface area contributed by atoms with Crippen LogP contribution in [0, 0.1) is 0 Å². The van der Waals surface area contributed by atoms with Gasteiger partial charge in [-0.15, -0.1) is 0 Å². The lowest BCUT2D eigenvalue weighted by atomic mass is 10.1. The number of nitrogens with one attached hydrogen (secondary N) is 1. The van der Waals surface area contributed by atoms with Gasteiger partial charge >= 0.3 is 6.18 Å². The Kier molecular flexibility index (Phi) is 8.95. The number of hydrogen-bond acceptors (Lipinski definition) is 6. The minimum absolute atomic E-state index is 0.0345. The summed E-state index contributed by atoms with van der Waals surface area (Å²) in [6.45, 7) is 8.45. The molecule has 0 aliphatic rings. The highest BCUT2D eigenvalue weighted by atomic mass is 19.4. The summed E-state index contributed by atoms with van der Waals surface area (Å²) in [5.41, 5.74) is -0.0853. The summed E-state index contributed by atoms with van der Waals surface area (Å²) < 4.78 is 49.6. The molecule has 0 fully saturated rings. The highest BCUT2D eigenvalue weighted by molar-refractivity contribution is 6.22. The number of alkyl halides is 3. The molecule has 0 unspecified atom stereocenters. The van der Waals surface area contributed by atoms with Crippen LogP contribution in [0.5, 0.6) is 11.5 Å².